The first-order valence-corrected chi connectivity index (χ1v) is 10.1. The van der Waals surface area contributed by atoms with E-state index in [4.69, 9.17) is 4.74 Å². The number of esters is 1. The summed E-state index contributed by atoms with van der Waals surface area (Å²) in [6, 6.07) is 14.7. The van der Waals surface area contributed by atoms with E-state index in [9.17, 15) is 14.4 Å². The first kappa shape index (κ1) is 20.5. The highest BCUT2D eigenvalue weighted by Gasteiger charge is 2.22. The summed E-state index contributed by atoms with van der Waals surface area (Å²) in [5.74, 6) is -0.743. The molecule has 0 radical (unpaired) electrons. The fourth-order valence-corrected chi connectivity index (χ4v) is 3.42. The number of hydrazone groups is 1. The molecule has 1 aromatic carbocycles. The molecular formula is C23H22N4O4. The predicted molar refractivity (Wildman–Crippen MR) is 115 cm³/mol. The summed E-state index contributed by atoms with van der Waals surface area (Å²) in [6.45, 7) is 2.24. The summed E-state index contributed by atoms with van der Waals surface area (Å²) < 4.78 is 6.66. The Bertz CT molecular complexity index is 1220. The largest absolute Gasteiger partial charge is 0.459 e. The van der Waals surface area contributed by atoms with Crippen molar-refractivity contribution in [2.75, 3.05) is 6.54 Å². The van der Waals surface area contributed by atoms with Crippen LogP contribution in [-0.2, 0) is 20.9 Å². The molecule has 1 amide bonds. The SMILES string of the molecule is Cc1cccn2c(=O)cc(COC(=O)CCC(=O)N3CCC(c4ccccc4)=N3)nc12. The molecule has 1 aliphatic rings. The van der Waals surface area contributed by atoms with E-state index in [0.717, 1.165) is 16.8 Å². The lowest BCUT2D eigenvalue weighted by atomic mass is 10.1. The van der Waals surface area contributed by atoms with Crippen molar-refractivity contribution in [2.24, 2.45) is 5.10 Å². The number of hydrogen-bond acceptors (Lipinski definition) is 6. The molecule has 0 saturated carbocycles. The van der Waals surface area contributed by atoms with Crippen molar-refractivity contribution in [2.45, 2.75) is 32.8 Å². The number of carbonyl (C=O) groups excluding carboxylic acids is 2. The van der Waals surface area contributed by atoms with Gasteiger partial charge in [-0.1, -0.05) is 36.4 Å². The van der Waals surface area contributed by atoms with Crippen LogP contribution < -0.4 is 5.56 Å². The first-order valence-electron chi connectivity index (χ1n) is 10.1. The Morgan fingerprint density at radius 1 is 1.10 bits per heavy atom. The molecule has 31 heavy (non-hydrogen) atoms. The van der Waals surface area contributed by atoms with Crippen LogP contribution in [0.15, 0.2) is 64.6 Å². The smallest absolute Gasteiger partial charge is 0.306 e. The minimum Gasteiger partial charge on any atom is -0.459 e. The van der Waals surface area contributed by atoms with Crippen LogP contribution in [0.4, 0.5) is 0 Å². The lowest BCUT2D eigenvalue weighted by Crippen LogP contribution is -2.24. The van der Waals surface area contributed by atoms with E-state index in [0.29, 0.717) is 24.3 Å². The van der Waals surface area contributed by atoms with Gasteiger partial charge in [0, 0.05) is 25.1 Å². The van der Waals surface area contributed by atoms with Gasteiger partial charge in [-0.25, -0.2) is 9.99 Å². The third-order valence-corrected chi connectivity index (χ3v) is 5.06. The predicted octanol–water partition coefficient (Wildman–Crippen LogP) is 2.46. The van der Waals surface area contributed by atoms with Crippen molar-refractivity contribution in [3.05, 3.63) is 81.9 Å². The van der Waals surface area contributed by atoms with Gasteiger partial charge in [0.2, 0.25) is 5.91 Å². The Labute approximate surface area is 178 Å². The van der Waals surface area contributed by atoms with Crippen LogP contribution in [0.3, 0.4) is 0 Å². The molecule has 3 heterocycles. The van der Waals surface area contributed by atoms with Gasteiger partial charge in [-0.05, 0) is 24.1 Å². The maximum atomic E-state index is 12.4. The molecule has 8 nitrogen and oxygen atoms in total. The Balaban J connectivity index is 1.30. The van der Waals surface area contributed by atoms with Gasteiger partial charge in [0.25, 0.3) is 5.56 Å². The fourth-order valence-electron chi connectivity index (χ4n) is 3.42. The molecule has 0 spiro atoms. The Kier molecular flexibility index (Phi) is 5.88. The minimum atomic E-state index is -0.522. The van der Waals surface area contributed by atoms with Gasteiger partial charge in [-0.3, -0.25) is 18.8 Å². The lowest BCUT2D eigenvalue weighted by molar-refractivity contribution is -0.147. The molecule has 0 aliphatic carbocycles. The second-order valence-electron chi connectivity index (χ2n) is 7.31. The number of benzene rings is 1. The molecular weight excluding hydrogens is 396 g/mol. The van der Waals surface area contributed by atoms with Gasteiger partial charge >= 0.3 is 5.97 Å². The summed E-state index contributed by atoms with van der Waals surface area (Å²) in [5, 5.41) is 5.78. The molecule has 0 bridgehead atoms. The molecule has 3 aromatic rings. The van der Waals surface area contributed by atoms with Crippen LogP contribution in [0.2, 0.25) is 0 Å². The van der Waals surface area contributed by atoms with E-state index >= 15 is 0 Å². The number of ether oxygens (including phenoxy) is 1. The third-order valence-electron chi connectivity index (χ3n) is 5.06. The minimum absolute atomic E-state index is 0.0112. The van der Waals surface area contributed by atoms with Crippen molar-refractivity contribution in [1.29, 1.82) is 0 Å². The third kappa shape index (κ3) is 4.69. The van der Waals surface area contributed by atoms with Crippen molar-refractivity contribution >= 4 is 23.2 Å². The van der Waals surface area contributed by atoms with Gasteiger partial charge in [0.15, 0.2) is 0 Å². The topological polar surface area (TPSA) is 93.3 Å². The van der Waals surface area contributed by atoms with Crippen LogP contribution in [0, 0.1) is 6.92 Å². The van der Waals surface area contributed by atoms with E-state index in [1.165, 1.54) is 15.5 Å². The van der Waals surface area contributed by atoms with Gasteiger partial charge in [0.1, 0.15) is 12.3 Å². The summed E-state index contributed by atoms with van der Waals surface area (Å²) in [7, 11) is 0. The Hall–Kier alpha value is -3.81. The zero-order chi connectivity index (χ0) is 21.8. The summed E-state index contributed by atoms with van der Waals surface area (Å²) >= 11 is 0. The van der Waals surface area contributed by atoms with E-state index in [1.807, 2.05) is 43.3 Å². The highest BCUT2D eigenvalue weighted by atomic mass is 16.5. The molecule has 0 N–H and O–H groups in total. The highest BCUT2D eigenvalue weighted by molar-refractivity contribution is 6.02. The number of hydrogen-bond donors (Lipinski definition) is 0. The summed E-state index contributed by atoms with van der Waals surface area (Å²) in [4.78, 5) is 41.1. The summed E-state index contributed by atoms with van der Waals surface area (Å²) in [5.41, 5.74) is 3.36. The molecule has 8 heteroatoms. The zero-order valence-electron chi connectivity index (χ0n) is 17.2. The lowest BCUT2D eigenvalue weighted by Gasteiger charge is -2.11. The van der Waals surface area contributed by atoms with E-state index in [-0.39, 0.29) is 30.9 Å². The Morgan fingerprint density at radius 2 is 1.90 bits per heavy atom. The molecule has 4 rings (SSSR count). The number of aromatic nitrogens is 2. The first-order chi connectivity index (χ1) is 15.0. The van der Waals surface area contributed by atoms with Gasteiger partial charge in [0.05, 0.1) is 24.4 Å². The van der Waals surface area contributed by atoms with Crippen LogP contribution in [0.1, 0.15) is 36.1 Å². The normalized spacial score (nSPS) is 13.3. The molecule has 158 valence electrons. The molecule has 0 atom stereocenters. The van der Waals surface area contributed by atoms with Crippen molar-refractivity contribution < 1.29 is 14.3 Å². The molecule has 0 unspecified atom stereocenters. The fraction of sp³-hybridized carbons (Fsp3) is 0.261. The number of amides is 1. The van der Waals surface area contributed by atoms with Crippen LogP contribution in [0.25, 0.3) is 5.65 Å². The van der Waals surface area contributed by atoms with Gasteiger partial charge in [-0.2, -0.15) is 5.10 Å². The average molecular weight is 418 g/mol. The van der Waals surface area contributed by atoms with Crippen LogP contribution in [-0.4, -0.2) is 38.5 Å². The standard InChI is InChI=1S/C23H22N4O4/c1-16-6-5-12-26-21(29)14-18(24-23(16)26)15-31-22(30)10-9-20(28)27-13-11-19(25-27)17-7-3-2-4-8-17/h2-8,12,14H,9-11,13,15H2,1H3. The Morgan fingerprint density at radius 3 is 2.71 bits per heavy atom. The van der Waals surface area contributed by atoms with E-state index in [2.05, 4.69) is 10.1 Å². The van der Waals surface area contributed by atoms with Crippen LogP contribution >= 0.6 is 0 Å². The maximum Gasteiger partial charge on any atom is 0.306 e. The number of aryl methyl sites for hydroxylation is 1. The van der Waals surface area contributed by atoms with Crippen LogP contribution in [0.5, 0.6) is 0 Å². The van der Waals surface area contributed by atoms with Crippen molar-refractivity contribution in [3.63, 3.8) is 0 Å². The van der Waals surface area contributed by atoms with Gasteiger partial charge in [-0.15, -0.1) is 0 Å². The number of nitrogens with zero attached hydrogens (tertiary/aromatic N) is 4. The number of rotatable bonds is 6. The zero-order valence-corrected chi connectivity index (χ0v) is 17.2. The maximum absolute atomic E-state index is 12.4. The molecule has 0 fully saturated rings. The van der Waals surface area contributed by atoms with E-state index < -0.39 is 5.97 Å². The highest BCUT2D eigenvalue weighted by Crippen LogP contribution is 2.15. The molecule has 2 aromatic heterocycles. The molecule has 1 aliphatic heterocycles. The van der Waals surface area contributed by atoms with Gasteiger partial charge < -0.3 is 4.74 Å². The number of carbonyl (C=O) groups is 2. The quantitative estimate of drug-likeness (QED) is 0.574. The molecule has 0 saturated heterocycles. The second kappa shape index (κ2) is 8.91. The number of pyridine rings is 1. The second-order valence-corrected chi connectivity index (χ2v) is 7.31. The van der Waals surface area contributed by atoms with Crippen molar-refractivity contribution in [3.8, 4) is 0 Å². The van der Waals surface area contributed by atoms with Crippen molar-refractivity contribution in [1.82, 2.24) is 14.4 Å². The van der Waals surface area contributed by atoms with E-state index in [1.54, 1.807) is 12.3 Å². The average Bonchev–Trinajstić information content (AvgIpc) is 3.28. The number of fused-ring (bicyclic) bond motifs is 1. The monoisotopic (exact) mass is 418 g/mol. The summed E-state index contributed by atoms with van der Waals surface area (Å²) in [6.07, 6.45) is 2.28.